The number of nitrogens with one attached hydrogen (secondary N) is 1. The van der Waals surface area contributed by atoms with Crippen LogP contribution < -0.4 is 10.2 Å². The number of nitrogens with zero attached hydrogens (tertiary/aromatic N) is 1. The number of hydrogen-bond acceptors (Lipinski definition) is 3. The number of halogens is 3. The molecule has 1 saturated heterocycles. The highest BCUT2D eigenvalue weighted by Crippen LogP contribution is 2.29. The number of benzene rings is 2. The summed E-state index contributed by atoms with van der Waals surface area (Å²) in [6, 6.07) is 9.39. The standard InChI is InChI=1S/C16H11Cl2FN2O2/c17-9-4-5-13(12(18)6-9)20-14-8-15(22)21(16(14)23)11-3-1-2-10(19)7-11/h1-7,14,20H,8H2/t14-/m0/s1. The molecule has 1 aliphatic rings. The summed E-state index contributed by atoms with van der Waals surface area (Å²) in [5, 5.41) is 3.75. The Bertz CT molecular complexity index is 797. The predicted octanol–water partition coefficient (Wildman–Crippen LogP) is 3.88. The molecule has 0 unspecified atom stereocenters. The van der Waals surface area contributed by atoms with Gasteiger partial charge in [0.25, 0.3) is 5.91 Å². The van der Waals surface area contributed by atoms with E-state index >= 15 is 0 Å². The Labute approximate surface area is 141 Å². The van der Waals surface area contributed by atoms with Gasteiger partial charge in [0.2, 0.25) is 5.91 Å². The van der Waals surface area contributed by atoms with E-state index in [0.29, 0.717) is 15.7 Å². The SMILES string of the molecule is O=C1C[C@H](Nc2ccc(Cl)cc2Cl)C(=O)N1c1cccc(F)c1. The Morgan fingerprint density at radius 2 is 1.91 bits per heavy atom. The van der Waals surface area contributed by atoms with Crippen LogP contribution in [-0.2, 0) is 9.59 Å². The van der Waals surface area contributed by atoms with E-state index in [0.717, 1.165) is 11.0 Å². The number of amides is 2. The number of carbonyl (C=O) groups excluding carboxylic acids is 2. The highest BCUT2D eigenvalue weighted by Gasteiger charge is 2.39. The molecule has 1 fully saturated rings. The molecule has 1 aliphatic heterocycles. The molecule has 2 amide bonds. The van der Waals surface area contributed by atoms with Gasteiger partial charge < -0.3 is 5.32 Å². The van der Waals surface area contributed by atoms with Gasteiger partial charge >= 0.3 is 0 Å². The van der Waals surface area contributed by atoms with Gasteiger partial charge in [-0.1, -0.05) is 29.3 Å². The van der Waals surface area contributed by atoms with Gasteiger partial charge in [-0.25, -0.2) is 9.29 Å². The van der Waals surface area contributed by atoms with Crippen molar-refractivity contribution in [2.75, 3.05) is 10.2 Å². The molecule has 0 bridgehead atoms. The Kier molecular flexibility index (Phi) is 4.24. The third kappa shape index (κ3) is 3.16. The quantitative estimate of drug-likeness (QED) is 0.852. The average Bonchev–Trinajstić information content (AvgIpc) is 2.76. The predicted molar refractivity (Wildman–Crippen MR) is 87.4 cm³/mol. The van der Waals surface area contributed by atoms with Crippen molar-refractivity contribution in [2.24, 2.45) is 0 Å². The Morgan fingerprint density at radius 3 is 2.61 bits per heavy atom. The van der Waals surface area contributed by atoms with Crippen LogP contribution >= 0.6 is 23.2 Å². The average molecular weight is 353 g/mol. The zero-order chi connectivity index (χ0) is 16.6. The van der Waals surface area contributed by atoms with Crippen LogP contribution in [0.4, 0.5) is 15.8 Å². The summed E-state index contributed by atoms with van der Waals surface area (Å²) in [5.41, 5.74) is 0.717. The molecule has 1 atom stereocenters. The van der Waals surface area contributed by atoms with Gasteiger partial charge in [0.1, 0.15) is 11.9 Å². The lowest BCUT2D eigenvalue weighted by Crippen LogP contribution is -2.34. The molecule has 0 spiro atoms. The van der Waals surface area contributed by atoms with Crippen molar-refractivity contribution in [3.8, 4) is 0 Å². The molecule has 118 valence electrons. The van der Waals surface area contributed by atoms with Crippen LogP contribution in [0.25, 0.3) is 0 Å². The molecule has 0 saturated carbocycles. The first-order valence-corrected chi connectivity index (χ1v) is 7.55. The van der Waals surface area contributed by atoms with Crippen molar-refractivity contribution in [2.45, 2.75) is 12.5 Å². The minimum atomic E-state index is -0.760. The maximum Gasteiger partial charge on any atom is 0.256 e. The number of carbonyl (C=O) groups is 2. The van der Waals surface area contributed by atoms with Gasteiger partial charge in [-0.05, 0) is 36.4 Å². The van der Waals surface area contributed by atoms with E-state index in [9.17, 15) is 14.0 Å². The van der Waals surface area contributed by atoms with Crippen molar-refractivity contribution >= 4 is 46.4 Å². The number of anilines is 2. The minimum absolute atomic E-state index is 0.0334. The van der Waals surface area contributed by atoms with Crippen molar-refractivity contribution in [1.82, 2.24) is 0 Å². The first kappa shape index (κ1) is 15.8. The fraction of sp³-hybridized carbons (Fsp3) is 0.125. The number of rotatable bonds is 3. The van der Waals surface area contributed by atoms with Gasteiger partial charge in [0.05, 0.1) is 22.8 Å². The van der Waals surface area contributed by atoms with E-state index < -0.39 is 23.7 Å². The second-order valence-corrected chi connectivity index (χ2v) is 5.92. The lowest BCUT2D eigenvalue weighted by atomic mass is 10.2. The third-order valence-corrected chi connectivity index (χ3v) is 4.02. The summed E-state index contributed by atoms with van der Waals surface area (Å²) in [6.07, 6.45) is -0.0334. The molecule has 4 nitrogen and oxygen atoms in total. The highest BCUT2D eigenvalue weighted by molar-refractivity contribution is 6.36. The molecular weight excluding hydrogens is 342 g/mol. The first-order valence-electron chi connectivity index (χ1n) is 6.79. The zero-order valence-corrected chi connectivity index (χ0v) is 13.2. The van der Waals surface area contributed by atoms with Gasteiger partial charge in [-0.15, -0.1) is 0 Å². The molecule has 2 aromatic rings. The van der Waals surface area contributed by atoms with Crippen LogP contribution in [-0.4, -0.2) is 17.9 Å². The van der Waals surface area contributed by atoms with E-state index in [1.165, 1.54) is 24.3 Å². The Balaban J connectivity index is 1.84. The summed E-state index contributed by atoms with van der Waals surface area (Å²) in [5.74, 6) is -1.37. The molecule has 23 heavy (non-hydrogen) atoms. The molecule has 7 heteroatoms. The second kappa shape index (κ2) is 6.18. The number of hydrogen-bond donors (Lipinski definition) is 1. The molecular formula is C16H11Cl2FN2O2. The molecule has 0 radical (unpaired) electrons. The van der Waals surface area contributed by atoms with E-state index in [1.54, 1.807) is 12.1 Å². The molecule has 2 aromatic carbocycles. The molecule has 0 aliphatic carbocycles. The maximum atomic E-state index is 13.3. The monoisotopic (exact) mass is 352 g/mol. The zero-order valence-electron chi connectivity index (χ0n) is 11.7. The Hall–Kier alpha value is -2.11. The van der Waals surface area contributed by atoms with Crippen LogP contribution in [0.5, 0.6) is 0 Å². The van der Waals surface area contributed by atoms with Crippen molar-refractivity contribution in [1.29, 1.82) is 0 Å². The molecule has 3 rings (SSSR count). The smallest absolute Gasteiger partial charge is 0.256 e. The molecule has 1 N–H and O–H groups in total. The van der Waals surface area contributed by atoms with Crippen LogP contribution in [0, 0.1) is 5.82 Å². The summed E-state index contributed by atoms with van der Waals surface area (Å²) in [6.45, 7) is 0. The van der Waals surface area contributed by atoms with Crippen LogP contribution in [0.2, 0.25) is 10.0 Å². The largest absolute Gasteiger partial charge is 0.372 e. The second-order valence-electron chi connectivity index (χ2n) is 5.07. The summed E-state index contributed by atoms with van der Waals surface area (Å²) >= 11 is 11.9. The van der Waals surface area contributed by atoms with E-state index in [4.69, 9.17) is 23.2 Å². The fourth-order valence-electron chi connectivity index (χ4n) is 2.43. The van der Waals surface area contributed by atoms with Gasteiger partial charge in [-0.3, -0.25) is 9.59 Å². The van der Waals surface area contributed by atoms with Crippen molar-refractivity contribution < 1.29 is 14.0 Å². The summed E-state index contributed by atoms with van der Waals surface area (Å²) < 4.78 is 13.3. The van der Waals surface area contributed by atoms with E-state index in [-0.39, 0.29) is 12.1 Å². The van der Waals surface area contributed by atoms with Crippen molar-refractivity contribution in [3.05, 3.63) is 58.3 Å². The first-order chi connectivity index (χ1) is 11.0. The lowest BCUT2D eigenvalue weighted by Gasteiger charge is -2.16. The topological polar surface area (TPSA) is 49.4 Å². The maximum absolute atomic E-state index is 13.3. The normalized spacial score (nSPS) is 17.7. The summed E-state index contributed by atoms with van der Waals surface area (Å²) in [4.78, 5) is 25.6. The van der Waals surface area contributed by atoms with E-state index in [2.05, 4.69) is 5.32 Å². The van der Waals surface area contributed by atoms with Crippen LogP contribution in [0.15, 0.2) is 42.5 Å². The molecule has 1 heterocycles. The van der Waals surface area contributed by atoms with Crippen LogP contribution in [0.3, 0.4) is 0 Å². The number of imide groups is 1. The Morgan fingerprint density at radius 1 is 1.13 bits per heavy atom. The lowest BCUT2D eigenvalue weighted by molar-refractivity contribution is -0.121. The van der Waals surface area contributed by atoms with Gasteiger partial charge in [0, 0.05) is 5.02 Å². The van der Waals surface area contributed by atoms with Crippen LogP contribution in [0.1, 0.15) is 6.42 Å². The fourth-order valence-corrected chi connectivity index (χ4v) is 2.89. The molecule has 0 aromatic heterocycles. The highest BCUT2D eigenvalue weighted by atomic mass is 35.5. The van der Waals surface area contributed by atoms with Gasteiger partial charge in [0.15, 0.2) is 0 Å². The minimum Gasteiger partial charge on any atom is -0.372 e. The van der Waals surface area contributed by atoms with Crippen molar-refractivity contribution in [3.63, 3.8) is 0 Å². The summed E-state index contributed by atoms with van der Waals surface area (Å²) in [7, 11) is 0. The van der Waals surface area contributed by atoms with Gasteiger partial charge in [-0.2, -0.15) is 0 Å². The van der Waals surface area contributed by atoms with E-state index in [1.807, 2.05) is 0 Å². The third-order valence-electron chi connectivity index (χ3n) is 3.47.